The van der Waals surface area contributed by atoms with Gasteiger partial charge in [0.15, 0.2) is 5.65 Å². The van der Waals surface area contributed by atoms with E-state index < -0.39 is 24.3 Å². The average molecular weight is 689 g/mol. The van der Waals surface area contributed by atoms with Crippen molar-refractivity contribution >= 4 is 23.5 Å². The van der Waals surface area contributed by atoms with E-state index >= 15 is 0 Å². The summed E-state index contributed by atoms with van der Waals surface area (Å²) in [6, 6.07) is 10.1. The van der Waals surface area contributed by atoms with Gasteiger partial charge >= 0.3 is 24.3 Å². The lowest BCUT2D eigenvalue weighted by Crippen LogP contribution is -2.41. The third-order valence-corrected chi connectivity index (χ3v) is 7.72. The van der Waals surface area contributed by atoms with Gasteiger partial charge in [0.1, 0.15) is 0 Å². The molecule has 1 saturated heterocycles. The first-order chi connectivity index (χ1) is 22.6. The van der Waals surface area contributed by atoms with Crippen LogP contribution in [0.1, 0.15) is 34.5 Å². The first-order valence-corrected chi connectivity index (χ1v) is 15.0. The van der Waals surface area contributed by atoms with E-state index in [2.05, 4.69) is 15.1 Å². The van der Waals surface area contributed by atoms with Crippen molar-refractivity contribution in [3.63, 3.8) is 0 Å². The number of morpholine rings is 1. The molecule has 0 spiro atoms. The predicted molar refractivity (Wildman–Crippen MR) is 157 cm³/mol. The zero-order valence-corrected chi connectivity index (χ0v) is 25.6. The van der Waals surface area contributed by atoms with Crippen LogP contribution in [0.5, 0.6) is 0 Å². The van der Waals surface area contributed by atoms with Crippen LogP contribution >= 0.6 is 0 Å². The summed E-state index contributed by atoms with van der Waals surface area (Å²) < 4.78 is 70.8. The fourth-order valence-electron chi connectivity index (χ4n) is 5.17. The van der Waals surface area contributed by atoms with Gasteiger partial charge in [-0.2, -0.15) is 31.4 Å². The monoisotopic (exact) mass is 688 g/mol. The number of hydrogen-bond acceptors (Lipinski definition) is 8. The Labute approximate surface area is 270 Å². The van der Waals surface area contributed by atoms with Gasteiger partial charge in [0.05, 0.1) is 36.4 Å². The van der Waals surface area contributed by atoms with Crippen molar-refractivity contribution in [2.75, 3.05) is 52.5 Å². The first kappa shape index (κ1) is 36.5. The number of aliphatic carboxylic acids is 2. The summed E-state index contributed by atoms with van der Waals surface area (Å²) in [7, 11) is 0. The highest BCUT2D eigenvalue weighted by molar-refractivity contribution is 6.02. The summed E-state index contributed by atoms with van der Waals surface area (Å²) in [5.41, 5.74) is 5.40. The molecule has 1 aromatic carbocycles. The van der Waals surface area contributed by atoms with Crippen LogP contribution in [-0.4, -0.2) is 117 Å². The van der Waals surface area contributed by atoms with Gasteiger partial charge in [0.25, 0.3) is 5.91 Å². The SMILES string of the molecule is O=C(NCCN1CCOCC1)c1c2c(n3ncc(-c4ccccc4)nc13)CN(CC1CC1)CC2.O=C(O)C(F)(F)F.O=C(O)C(F)(F)F. The Bertz CT molecular complexity index is 1550. The van der Waals surface area contributed by atoms with Crippen LogP contribution in [0.4, 0.5) is 26.3 Å². The topological polar surface area (TPSA) is 150 Å². The number of benzene rings is 1. The molecule has 18 heteroatoms. The van der Waals surface area contributed by atoms with Crippen molar-refractivity contribution in [2.45, 2.75) is 38.2 Å². The van der Waals surface area contributed by atoms with Crippen LogP contribution in [0.25, 0.3) is 16.9 Å². The normalized spacial score (nSPS) is 17.0. The van der Waals surface area contributed by atoms with E-state index in [1.54, 1.807) is 0 Å². The molecule has 3 N–H and O–H groups in total. The molecular formula is C30H34F6N6O6. The quantitative estimate of drug-likeness (QED) is 0.315. The number of carbonyl (C=O) groups is 3. The van der Waals surface area contributed by atoms with Gasteiger partial charge in [-0.1, -0.05) is 30.3 Å². The van der Waals surface area contributed by atoms with Crippen molar-refractivity contribution in [3.05, 3.63) is 53.3 Å². The Hall–Kier alpha value is -4.29. The number of fused-ring (bicyclic) bond motifs is 3. The minimum atomic E-state index is -5.08. The first-order valence-electron chi connectivity index (χ1n) is 15.0. The van der Waals surface area contributed by atoms with E-state index in [0.717, 1.165) is 87.3 Å². The van der Waals surface area contributed by atoms with Gasteiger partial charge < -0.3 is 20.3 Å². The number of ether oxygens (including phenoxy) is 1. The molecule has 2 fully saturated rings. The molecule has 1 saturated carbocycles. The summed E-state index contributed by atoms with van der Waals surface area (Å²) in [5, 5.41) is 22.2. The molecule has 48 heavy (non-hydrogen) atoms. The van der Waals surface area contributed by atoms with Gasteiger partial charge in [-0.05, 0) is 30.7 Å². The Morgan fingerprint density at radius 3 is 2.08 bits per heavy atom. The second-order valence-corrected chi connectivity index (χ2v) is 11.3. The minimum Gasteiger partial charge on any atom is -0.475 e. The lowest BCUT2D eigenvalue weighted by atomic mass is 10.0. The zero-order chi connectivity index (χ0) is 35.1. The van der Waals surface area contributed by atoms with Crippen molar-refractivity contribution in [1.29, 1.82) is 0 Å². The number of rotatable bonds is 7. The van der Waals surface area contributed by atoms with Crippen LogP contribution < -0.4 is 5.32 Å². The summed E-state index contributed by atoms with van der Waals surface area (Å²) >= 11 is 0. The third kappa shape index (κ3) is 10.1. The molecule has 12 nitrogen and oxygen atoms in total. The Morgan fingerprint density at radius 1 is 0.917 bits per heavy atom. The molecule has 2 aliphatic heterocycles. The van der Waals surface area contributed by atoms with Gasteiger partial charge in [-0.3, -0.25) is 14.6 Å². The molecule has 2 aromatic heterocycles. The van der Waals surface area contributed by atoms with E-state index in [-0.39, 0.29) is 5.91 Å². The largest absolute Gasteiger partial charge is 0.490 e. The fourth-order valence-corrected chi connectivity index (χ4v) is 5.17. The van der Waals surface area contributed by atoms with Gasteiger partial charge in [0, 0.05) is 51.4 Å². The predicted octanol–water partition coefficient (Wildman–Crippen LogP) is 3.49. The lowest BCUT2D eigenvalue weighted by Gasteiger charge is -2.27. The molecule has 3 aromatic rings. The number of amides is 1. The van der Waals surface area contributed by atoms with E-state index in [9.17, 15) is 31.1 Å². The Kier molecular flexibility index (Phi) is 12.0. The highest BCUT2D eigenvalue weighted by Gasteiger charge is 2.39. The van der Waals surface area contributed by atoms with Gasteiger partial charge in [-0.15, -0.1) is 0 Å². The maximum atomic E-state index is 13.5. The molecule has 6 rings (SSSR count). The van der Waals surface area contributed by atoms with E-state index in [1.807, 2.05) is 41.0 Å². The second kappa shape index (κ2) is 15.7. The molecule has 1 amide bonds. The summed E-state index contributed by atoms with van der Waals surface area (Å²) in [5.74, 6) is -4.71. The van der Waals surface area contributed by atoms with Crippen LogP contribution in [-0.2, 0) is 27.3 Å². The highest BCUT2D eigenvalue weighted by Crippen LogP contribution is 2.33. The van der Waals surface area contributed by atoms with E-state index in [1.165, 1.54) is 12.8 Å². The molecule has 1 aliphatic carbocycles. The molecule has 262 valence electrons. The van der Waals surface area contributed by atoms with Crippen LogP contribution in [0, 0.1) is 5.92 Å². The number of hydrogen-bond donors (Lipinski definition) is 3. The fraction of sp³-hybridized carbons (Fsp3) is 0.500. The van der Waals surface area contributed by atoms with Gasteiger partial charge in [-0.25, -0.2) is 19.1 Å². The number of halogens is 6. The number of nitrogens with one attached hydrogen (secondary N) is 1. The maximum absolute atomic E-state index is 13.5. The number of carboxylic acid groups (broad SMARTS) is 2. The summed E-state index contributed by atoms with van der Waals surface area (Å²) in [4.78, 5) is 41.1. The molecule has 0 unspecified atom stereocenters. The molecule has 4 heterocycles. The Morgan fingerprint density at radius 2 is 1.52 bits per heavy atom. The minimum absolute atomic E-state index is 0.0397. The zero-order valence-electron chi connectivity index (χ0n) is 25.6. The lowest BCUT2D eigenvalue weighted by molar-refractivity contribution is -0.193. The third-order valence-electron chi connectivity index (χ3n) is 7.72. The number of carbonyl (C=O) groups excluding carboxylic acids is 1. The summed E-state index contributed by atoms with van der Waals surface area (Å²) in [6.07, 6.45) is -4.80. The van der Waals surface area contributed by atoms with E-state index in [4.69, 9.17) is 34.6 Å². The van der Waals surface area contributed by atoms with Crippen molar-refractivity contribution in [1.82, 2.24) is 29.7 Å². The van der Waals surface area contributed by atoms with Crippen LogP contribution in [0.2, 0.25) is 0 Å². The maximum Gasteiger partial charge on any atom is 0.490 e. The standard InChI is InChI=1S/C26H32N6O2.2C2HF3O2/c33-26(27-9-11-30-12-14-34-15-13-30)24-21-8-10-31(17-19-6-7-19)18-23(21)32-25(24)29-22(16-28-32)20-4-2-1-3-5-20;2*3-2(4,5)1(6)7/h1-5,16,19H,6-15,17-18H2,(H,27,33);2*(H,6,7). The van der Waals surface area contributed by atoms with E-state index in [0.29, 0.717) is 17.8 Å². The highest BCUT2D eigenvalue weighted by atomic mass is 19.4. The Balaban J connectivity index is 0.000000314. The van der Waals surface area contributed by atoms with Crippen molar-refractivity contribution < 1.29 is 55.7 Å². The second-order valence-electron chi connectivity index (χ2n) is 11.3. The molecule has 0 bridgehead atoms. The number of nitrogens with zero attached hydrogens (tertiary/aromatic N) is 5. The average Bonchev–Trinajstić information content (AvgIpc) is 3.80. The number of alkyl halides is 6. The molecular weight excluding hydrogens is 654 g/mol. The molecule has 3 aliphatic rings. The number of aromatic nitrogens is 3. The smallest absolute Gasteiger partial charge is 0.475 e. The summed E-state index contributed by atoms with van der Waals surface area (Å²) in [6.45, 7) is 7.77. The van der Waals surface area contributed by atoms with Gasteiger partial charge in [0.2, 0.25) is 0 Å². The number of carboxylic acids is 2. The van der Waals surface area contributed by atoms with Crippen molar-refractivity contribution in [2.24, 2.45) is 5.92 Å². The molecule has 0 atom stereocenters. The molecule has 0 radical (unpaired) electrons. The van der Waals surface area contributed by atoms with Crippen LogP contribution in [0.3, 0.4) is 0 Å². The van der Waals surface area contributed by atoms with Crippen LogP contribution in [0.15, 0.2) is 36.5 Å². The van der Waals surface area contributed by atoms with Crippen molar-refractivity contribution in [3.8, 4) is 11.3 Å².